The number of aryl methyl sites for hydroxylation is 2. The van der Waals surface area contributed by atoms with E-state index in [1.165, 1.54) is 0 Å². The van der Waals surface area contributed by atoms with Gasteiger partial charge in [-0.1, -0.05) is 44.2 Å². The van der Waals surface area contributed by atoms with Gasteiger partial charge in [0.25, 0.3) is 11.5 Å². The molecule has 0 aliphatic rings. The van der Waals surface area contributed by atoms with Crippen molar-refractivity contribution < 1.29 is 4.79 Å². The van der Waals surface area contributed by atoms with Crippen LogP contribution in [0.1, 0.15) is 29.8 Å². The number of carbonyl (C=O) groups excluding carboxylic acids is 1. The first-order valence-electron chi connectivity index (χ1n) is 10.2. The fourth-order valence-corrected chi connectivity index (χ4v) is 3.42. The number of rotatable bonds is 9. The summed E-state index contributed by atoms with van der Waals surface area (Å²) >= 11 is 0. The number of carbonyl (C=O) groups is 1. The van der Waals surface area contributed by atoms with E-state index in [0.717, 1.165) is 30.6 Å². The normalized spacial score (nSPS) is 11.1. The summed E-state index contributed by atoms with van der Waals surface area (Å²) in [7, 11) is 0. The van der Waals surface area contributed by atoms with Crippen molar-refractivity contribution in [1.82, 2.24) is 19.8 Å². The number of aromatic nitrogens is 2. The lowest BCUT2D eigenvalue weighted by Crippen LogP contribution is -2.38. The maximum atomic E-state index is 13.1. The van der Waals surface area contributed by atoms with Gasteiger partial charge in [-0.2, -0.15) is 0 Å². The zero-order chi connectivity index (χ0) is 20.6. The van der Waals surface area contributed by atoms with Crippen LogP contribution in [0.15, 0.2) is 59.5 Å². The quantitative estimate of drug-likeness (QED) is 0.608. The minimum absolute atomic E-state index is 0.165. The summed E-state index contributed by atoms with van der Waals surface area (Å²) in [4.78, 5) is 32.4. The number of nitrogens with zero attached hydrogens (tertiary/aromatic N) is 3. The molecule has 0 aliphatic carbocycles. The van der Waals surface area contributed by atoms with Crippen molar-refractivity contribution in [2.75, 3.05) is 26.2 Å². The van der Waals surface area contributed by atoms with E-state index in [1.807, 2.05) is 42.5 Å². The number of hydrogen-bond donors (Lipinski definition) is 1. The third-order valence-corrected chi connectivity index (χ3v) is 5.17. The van der Waals surface area contributed by atoms with Crippen LogP contribution in [0, 0.1) is 0 Å². The highest BCUT2D eigenvalue weighted by molar-refractivity contribution is 5.96. The van der Waals surface area contributed by atoms with E-state index < -0.39 is 0 Å². The average molecular weight is 393 g/mol. The Morgan fingerprint density at radius 2 is 1.86 bits per heavy atom. The Kier molecular flexibility index (Phi) is 7.14. The van der Waals surface area contributed by atoms with Crippen molar-refractivity contribution in [1.29, 1.82) is 0 Å². The molecule has 0 saturated carbocycles. The summed E-state index contributed by atoms with van der Waals surface area (Å²) < 4.78 is 1.61. The highest BCUT2D eigenvalue weighted by atomic mass is 16.2. The molecule has 1 aromatic carbocycles. The SMILES string of the molecule is CCN(CC)CCNC(=O)c1cc2cccnc2n(CCc2ccccc2)c1=O. The topological polar surface area (TPSA) is 67.2 Å². The van der Waals surface area contributed by atoms with Gasteiger partial charge in [0, 0.05) is 31.2 Å². The standard InChI is InChI=1S/C23H28N4O2/c1-3-26(4-2)16-14-25-22(28)20-17-19-11-8-13-24-21(19)27(23(20)29)15-12-18-9-6-5-7-10-18/h5-11,13,17H,3-4,12,14-16H2,1-2H3,(H,25,28). The first kappa shape index (κ1) is 20.7. The molecule has 6 nitrogen and oxygen atoms in total. The molecule has 3 aromatic rings. The summed E-state index contributed by atoms with van der Waals surface area (Å²) in [5.41, 5.74) is 1.61. The summed E-state index contributed by atoms with van der Waals surface area (Å²) in [6, 6.07) is 15.3. The molecule has 0 unspecified atom stereocenters. The van der Waals surface area contributed by atoms with Gasteiger partial charge in [-0.15, -0.1) is 0 Å². The molecule has 0 bridgehead atoms. The maximum Gasteiger partial charge on any atom is 0.265 e. The lowest BCUT2D eigenvalue weighted by atomic mass is 10.1. The number of pyridine rings is 2. The predicted octanol–water partition coefficient (Wildman–Crippen LogP) is 2.71. The first-order chi connectivity index (χ1) is 14.1. The molecule has 0 aliphatic heterocycles. The number of fused-ring (bicyclic) bond motifs is 1. The maximum absolute atomic E-state index is 13.1. The third-order valence-electron chi connectivity index (χ3n) is 5.17. The molecule has 2 aromatic heterocycles. The molecule has 29 heavy (non-hydrogen) atoms. The van der Waals surface area contributed by atoms with E-state index in [0.29, 0.717) is 25.2 Å². The molecule has 0 atom stereocenters. The van der Waals surface area contributed by atoms with Gasteiger partial charge in [-0.25, -0.2) is 4.98 Å². The van der Waals surface area contributed by atoms with Gasteiger partial charge in [0.2, 0.25) is 0 Å². The lowest BCUT2D eigenvalue weighted by Gasteiger charge is -2.18. The van der Waals surface area contributed by atoms with Crippen molar-refractivity contribution in [3.05, 3.63) is 76.2 Å². The second-order valence-electron chi connectivity index (χ2n) is 6.95. The smallest absolute Gasteiger partial charge is 0.265 e. The second kappa shape index (κ2) is 9.98. The van der Waals surface area contributed by atoms with E-state index in [-0.39, 0.29) is 17.0 Å². The van der Waals surface area contributed by atoms with E-state index in [4.69, 9.17) is 0 Å². The molecule has 0 spiro atoms. The first-order valence-corrected chi connectivity index (χ1v) is 10.2. The lowest BCUT2D eigenvalue weighted by molar-refractivity contribution is 0.0947. The molecule has 3 rings (SSSR count). The molecule has 1 N–H and O–H groups in total. The van der Waals surface area contributed by atoms with Crippen LogP contribution in [0.3, 0.4) is 0 Å². The van der Waals surface area contributed by atoms with Crippen molar-refractivity contribution in [2.24, 2.45) is 0 Å². The number of hydrogen-bond acceptors (Lipinski definition) is 4. The Bertz CT molecular complexity index is 1010. The summed E-state index contributed by atoms with van der Waals surface area (Å²) in [5, 5.41) is 3.68. The van der Waals surface area contributed by atoms with E-state index in [1.54, 1.807) is 16.8 Å². The average Bonchev–Trinajstić information content (AvgIpc) is 2.76. The zero-order valence-electron chi connectivity index (χ0n) is 17.1. The van der Waals surface area contributed by atoms with Gasteiger partial charge in [0.15, 0.2) is 0 Å². The van der Waals surface area contributed by atoms with Crippen LogP contribution in [0.4, 0.5) is 0 Å². The molecule has 2 heterocycles. The van der Waals surface area contributed by atoms with Crippen LogP contribution in [-0.2, 0) is 13.0 Å². The zero-order valence-corrected chi connectivity index (χ0v) is 17.1. The Morgan fingerprint density at radius 1 is 1.10 bits per heavy atom. The van der Waals surface area contributed by atoms with Crippen LogP contribution in [0.5, 0.6) is 0 Å². The van der Waals surface area contributed by atoms with Crippen molar-refractivity contribution >= 4 is 16.9 Å². The number of benzene rings is 1. The monoisotopic (exact) mass is 392 g/mol. The van der Waals surface area contributed by atoms with Crippen LogP contribution in [-0.4, -0.2) is 46.5 Å². The Balaban J connectivity index is 1.85. The molecular formula is C23H28N4O2. The Morgan fingerprint density at radius 3 is 2.59 bits per heavy atom. The molecule has 0 fully saturated rings. The van der Waals surface area contributed by atoms with Crippen molar-refractivity contribution in [2.45, 2.75) is 26.8 Å². The fraction of sp³-hybridized carbons (Fsp3) is 0.348. The van der Waals surface area contributed by atoms with E-state index >= 15 is 0 Å². The molecule has 6 heteroatoms. The highest BCUT2D eigenvalue weighted by Gasteiger charge is 2.16. The van der Waals surface area contributed by atoms with Gasteiger partial charge >= 0.3 is 0 Å². The van der Waals surface area contributed by atoms with Gasteiger partial charge in [0.1, 0.15) is 11.2 Å². The minimum atomic E-state index is -0.332. The van der Waals surface area contributed by atoms with Crippen molar-refractivity contribution in [3.8, 4) is 0 Å². The van der Waals surface area contributed by atoms with Crippen molar-refractivity contribution in [3.63, 3.8) is 0 Å². The Hall–Kier alpha value is -2.99. The third kappa shape index (κ3) is 5.09. The molecule has 1 amide bonds. The van der Waals surface area contributed by atoms with Gasteiger partial charge in [-0.3, -0.25) is 14.2 Å². The van der Waals surface area contributed by atoms with E-state index in [2.05, 4.69) is 29.0 Å². The van der Waals surface area contributed by atoms with E-state index in [9.17, 15) is 9.59 Å². The minimum Gasteiger partial charge on any atom is -0.351 e. The summed E-state index contributed by atoms with van der Waals surface area (Å²) in [6.07, 6.45) is 2.37. The summed E-state index contributed by atoms with van der Waals surface area (Å²) in [6.45, 7) is 7.78. The molecule has 0 saturated heterocycles. The Labute approximate surface area is 171 Å². The van der Waals surface area contributed by atoms with Gasteiger partial charge in [0.05, 0.1) is 0 Å². The highest BCUT2D eigenvalue weighted by Crippen LogP contribution is 2.12. The van der Waals surface area contributed by atoms with Gasteiger partial charge in [-0.05, 0) is 43.3 Å². The number of amides is 1. The predicted molar refractivity (Wildman–Crippen MR) is 116 cm³/mol. The van der Waals surface area contributed by atoms with Crippen LogP contribution in [0.2, 0.25) is 0 Å². The molecule has 152 valence electrons. The molecular weight excluding hydrogens is 364 g/mol. The van der Waals surface area contributed by atoms with Crippen LogP contribution < -0.4 is 10.9 Å². The largest absolute Gasteiger partial charge is 0.351 e. The molecule has 0 radical (unpaired) electrons. The van der Waals surface area contributed by atoms with Crippen LogP contribution in [0.25, 0.3) is 11.0 Å². The summed E-state index contributed by atoms with van der Waals surface area (Å²) in [5.74, 6) is -0.332. The number of likely N-dealkylation sites (N-methyl/N-ethyl adjacent to an activating group) is 1. The van der Waals surface area contributed by atoms with Crippen LogP contribution >= 0.6 is 0 Å². The van der Waals surface area contributed by atoms with Gasteiger partial charge < -0.3 is 10.2 Å². The second-order valence-corrected chi connectivity index (χ2v) is 6.95. The number of nitrogens with one attached hydrogen (secondary N) is 1. The fourth-order valence-electron chi connectivity index (χ4n) is 3.42.